The number of unbranched alkanes of at least 4 members (excludes halogenated alkanes) is 20. The van der Waals surface area contributed by atoms with Gasteiger partial charge in [-0.25, -0.2) is 0 Å². The number of nitrogens with zero attached hydrogens (tertiary/aromatic N) is 1. The third-order valence-electron chi connectivity index (χ3n) is 11.4. The van der Waals surface area contributed by atoms with Crippen LogP contribution in [-0.2, 0) is 27.9 Å². The summed E-state index contributed by atoms with van der Waals surface area (Å²) < 4.78 is 30.1. The number of carbonyl (C=O) groups is 2. The highest BCUT2D eigenvalue weighted by molar-refractivity contribution is 7.45. The third kappa shape index (κ3) is 49.4. The van der Waals surface area contributed by atoms with E-state index in [1.54, 1.807) is 6.08 Å². The van der Waals surface area contributed by atoms with E-state index in [1.165, 1.54) is 70.6 Å². The Morgan fingerprint density at radius 2 is 0.914 bits per heavy atom. The molecule has 398 valence electrons. The van der Waals surface area contributed by atoms with Gasteiger partial charge in [0.15, 0.2) is 0 Å². The molecule has 0 radical (unpaired) electrons. The SMILES string of the molecule is CC\C=C/C=C/C=C/C=C\C=C\C=C\CCCCCC(=O)OC(/C=C/CCCCCCCCCCCC)C(COP(=O)([O-])OCC[N+](C)(C)C)NC(=O)CCCCCCCCC/C=C/C=C/C=C/CC. The predicted molar refractivity (Wildman–Crippen MR) is 297 cm³/mol. The molecular formula is C60H101N2O7P. The molecule has 0 fully saturated rings. The smallest absolute Gasteiger partial charge is 0.306 e. The number of carbonyl (C=O) groups excluding carboxylic acids is 2. The van der Waals surface area contributed by atoms with Gasteiger partial charge in [0.05, 0.1) is 33.8 Å². The van der Waals surface area contributed by atoms with Crippen LogP contribution in [0.5, 0.6) is 0 Å². The molecule has 0 saturated carbocycles. The molecule has 0 rings (SSSR count). The van der Waals surface area contributed by atoms with Crippen LogP contribution in [0, 0.1) is 0 Å². The Balaban J connectivity index is 5.51. The lowest BCUT2D eigenvalue weighted by molar-refractivity contribution is -0.870. The van der Waals surface area contributed by atoms with Crippen molar-refractivity contribution >= 4 is 19.7 Å². The van der Waals surface area contributed by atoms with E-state index in [4.69, 9.17) is 13.8 Å². The summed E-state index contributed by atoms with van der Waals surface area (Å²) >= 11 is 0. The van der Waals surface area contributed by atoms with E-state index in [9.17, 15) is 19.0 Å². The van der Waals surface area contributed by atoms with Crippen molar-refractivity contribution in [2.24, 2.45) is 0 Å². The molecule has 10 heteroatoms. The minimum Gasteiger partial charge on any atom is -0.756 e. The lowest BCUT2D eigenvalue weighted by Gasteiger charge is -2.30. The number of nitrogens with one attached hydrogen (secondary N) is 1. The second-order valence-electron chi connectivity index (χ2n) is 19.2. The number of amides is 1. The average Bonchev–Trinajstić information content (AvgIpc) is 3.32. The first-order valence-electron chi connectivity index (χ1n) is 27.5. The maximum absolute atomic E-state index is 13.5. The number of hydrogen-bond acceptors (Lipinski definition) is 7. The molecule has 0 aliphatic rings. The lowest BCUT2D eigenvalue weighted by atomic mass is 10.0. The van der Waals surface area contributed by atoms with Gasteiger partial charge < -0.3 is 28.5 Å². The molecule has 1 N–H and O–H groups in total. The summed E-state index contributed by atoms with van der Waals surface area (Å²) in [5.41, 5.74) is 0. The zero-order valence-corrected chi connectivity index (χ0v) is 46.1. The second-order valence-corrected chi connectivity index (χ2v) is 20.6. The van der Waals surface area contributed by atoms with Gasteiger partial charge in [-0.15, -0.1) is 0 Å². The summed E-state index contributed by atoms with van der Waals surface area (Å²) in [5, 5.41) is 2.99. The summed E-state index contributed by atoms with van der Waals surface area (Å²) in [7, 11) is 1.13. The van der Waals surface area contributed by atoms with Crippen LogP contribution in [0.2, 0.25) is 0 Å². The van der Waals surface area contributed by atoms with Crippen LogP contribution in [0.3, 0.4) is 0 Å². The van der Waals surface area contributed by atoms with E-state index < -0.39 is 32.5 Å². The van der Waals surface area contributed by atoms with Crippen LogP contribution in [0.4, 0.5) is 0 Å². The van der Waals surface area contributed by atoms with Crippen LogP contribution in [0.25, 0.3) is 0 Å². The van der Waals surface area contributed by atoms with E-state index >= 15 is 0 Å². The number of quaternary nitrogens is 1. The number of phosphoric ester groups is 1. The quantitative estimate of drug-likeness (QED) is 0.0161. The number of allylic oxidation sites excluding steroid dienone is 19. The zero-order valence-electron chi connectivity index (χ0n) is 45.2. The normalized spacial score (nSPS) is 14.8. The van der Waals surface area contributed by atoms with E-state index in [-0.39, 0.29) is 25.4 Å². The molecule has 70 heavy (non-hydrogen) atoms. The first kappa shape index (κ1) is 66.4. The van der Waals surface area contributed by atoms with Crippen molar-refractivity contribution < 1.29 is 37.3 Å². The van der Waals surface area contributed by atoms with Crippen molar-refractivity contribution in [2.45, 2.75) is 206 Å². The van der Waals surface area contributed by atoms with Gasteiger partial charge in [-0.1, -0.05) is 233 Å². The van der Waals surface area contributed by atoms with E-state index in [1.807, 2.05) is 88.0 Å². The molecule has 0 bridgehead atoms. The van der Waals surface area contributed by atoms with Crippen molar-refractivity contribution in [1.82, 2.24) is 5.32 Å². The lowest BCUT2D eigenvalue weighted by Crippen LogP contribution is -2.47. The number of phosphoric acid groups is 1. The molecule has 3 unspecified atom stereocenters. The summed E-state index contributed by atoms with van der Waals surface area (Å²) in [6, 6.07) is -0.920. The minimum atomic E-state index is -4.71. The molecule has 0 heterocycles. The molecule has 0 saturated heterocycles. The van der Waals surface area contributed by atoms with Gasteiger partial charge in [-0.3, -0.25) is 14.2 Å². The Morgan fingerprint density at radius 1 is 0.514 bits per heavy atom. The molecule has 0 aromatic carbocycles. The summed E-state index contributed by atoms with van der Waals surface area (Å²) in [5.74, 6) is -0.619. The molecule has 0 aromatic rings. The van der Waals surface area contributed by atoms with Crippen molar-refractivity contribution in [2.75, 3.05) is 40.9 Å². The van der Waals surface area contributed by atoms with Crippen LogP contribution in [0.1, 0.15) is 194 Å². The van der Waals surface area contributed by atoms with Crippen molar-refractivity contribution in [3.63, 3.8) is 0 Å². The number of ether oxygens (including phenoxy) is 1. The van der Waals surface area contributed by atoms with Crippen molar-refractivity contribution in [3.05, 3.63) is 122 Å². The fourth-order valence-electron chi connectivity index (χ4n) is 7.14. The maximum Gasteiger partial charge on any atom is 0.306 e. The van der Waals surface area contributed by atoms with Gasteiger partial charge in [0, 0.05) is 12.8 Å². The Kier molecular flexibility index (Phi) is 46.5. The monoisotopic (exact) mass is 993 g/mol. The number of hydrogen-bond donors (Lipinski definition) is 1. The molecule has 3 atom stereocenters. The number of esters is 1. The average molecular weight is 993 g/mol. The largest absolute Gasteiger partial charge is 0.756 e. The van der Waals surface area contributed by atoms with Gasteiger partial charge in [-0.2, -0.15) is 0 Å². The Bertz CT molecular complexity index is 1610. The van der Waals surface area contributed by atoms with Gasteiger partial charge in [0.25, 0.3) is 7.82 Å². The fraction of sp³-hybridized carbons (Fsp3) is 0.633. The van der Waals surface area contributed by atoms with Gasteiger partial charge in [-0.05, 0) is 70.3 Å². The molecule has 0 aromatic heterocycles. The third-order valence-corrected chi connectivity index (χ3v) is 12.3. The molecule has 0 aliphatic heterocycles. The molecule has 9 nitrogen and oxygen atoms in total. The van der Waals surface area contributed by atoms with Crippen molar-refractivity contribution in [1.29, 1.82) is 0 Å². The van der Waals surface area contributed by atoms with Gasteiger partial charge in [0.2, 0.25) is 5.91 Å². The molecule has 0 aliphatic carbocycles. The van der Waals surface area contributed by atoms with Gasteiger partial charge >= 0.3 is 5.97 Å². The molecule has 0 spiro atoms. The standard InChI is InChI=1S/C60H101N2O7P/c1-7-10-13-16-19-22-25-28-30-31-33-35-38-41-44-47-50-53-60(64)69-58(51-48-45-42-39-36-27-24-21-18-15-12-9-3)57(56-68-70(65,66)67-55-54-62(4,5)6)61-59(63)52-49-46-43-40-37-34-32-29-26-23-20-17-14-11-8-2/h10-11,13-14,16-17,19-20,22-23,25-26,28,30-31,33,35,38,48,51,57-58H,7-9,12,15,18,21,24,27,29,32,34,36-37,39-47,49-50,52-56H2,1-6H3,(H-,61,63,65,66)/b13-10-,14-11+,19-16+,20-17+,25-22+,26-23+,30-28-,33-31+,38-35+,51-48+. The highest BCUT2D eigenvalue weighted by atomic mass is 31.2. The van der Waals surface area contributed by atoms with Crippen LogP contribution >= 0.6 is 7.82 Å². The first-order valence-corrected chi connectivity index (χ1v) is 28.9. The highest BCUT2D eigenvalue weighted by Crippen LogP contribution is 2.38. The summed E-state index contributed by atoms with van der Waals surface area (Å²) in [6.07, 6.45) is 67.3. The van der Waals surface area contributed by atoms with E-state index in [2.05, 4.69) is 74.7 Å². The highest BCUT2D eigenvalue weighted by Gasteiger charge is 2.27. The van der Waals surface area contributed by atoms with Crippen LogP contribution in [-0.4, -0.2) is 69.4 Å². The summed E-state index contributed by atoms with van der Waals surface area (Å²) in [4.78, 5) is 39.8. The number of rotatable bonds is 47. The van der Waals surface area contributed by atoms with E-state index in [0.717, 1.165) is 77.0 Å². The second kappa shape index (κ2) is 49.0. The Hall–Kier alpha value is -3.59. The van der Waals surface area contributed by atoms with E-state index in [0.29, 0.717) is 23.9 Å². The van der Waals surface area contributed by atoms with Crippen LogP contribution in [0.15, 0.2) is 122 Å². The fourth-order valence-corrected chi connectivity index (χ4v) is 7.86. The zero-order chi connectivity index (χ0) is 51.5. The maximum atomic E-state index is 13.5. The Morgan fingerprint density at radius 3 is 1.39 bits per heavy atom. The molecular weight excluding hydrogens is 892 g/mol. The molecule has 1 amide bonds. The minimum absolute atomic E-state index is 0.0397. The summed E-state index contributed by atoms with van der Waals surface area (Å²) in [6.45, 7) is 6.49. The number of likely N-dealkylation sites (N-methyl/N-ethyl adjacent to an activating group) is 1. The predicted octanol–water partition coefficient (Wildman–Crippen LogP) is 15.7. The van der Waals surface area contributed by atoms with Gasteiger partial charge in [0.1, 0.15) is 19.3 Å². The first-order chi connectivity index (χ1) is 33.9. The Labute approximate surface area is 429 Å². The van der Waals surface area contributed by atoms with Crippen LogP contribution < -0.4 is 10.2 Å². The van der Waals surface area contributed by atoms with Crippen molar-refractivity contribution in [3.8, 4) is 0 Å². The topological polar surface area (TPSA) is 114 Å².